The van der Waals surface area contributed by atoms with Gasteiger partial charge in [-0.2, -0.15) is 10.5 Å². The minimum Gasteiger partial charge on any atom is -0.429 e. The summed E-state index contributed by atoms with van der Waals surface area (Å²) in [7, 11) is 0. The normalized spacial score (nSPS) is 9.12. The van der Waals surface area contributed by atoms with E-state index >= 15 is 0 Å². The van der Waals surface area contributed by atoms with Crippen molar-refractivity contribution in [3.63, 3.8) is 0 Å². The topological polar surface area (TPSA) is 69.7 Å². The highest BCUT2D eigenvalue weighted by molar-refractivity contribution is 7.11. The Bertz CT molecular complexity index is 578. The fraction of sp³-hybridized carbons (Fsp3) is 0. The Hall–Kier alpha value is -2.37. The average Bonchev–Trinajstić information content (AvgIpc) is 2.82. The molecule has 1 aromatic heterocycles. The molecule has 16 heavy (non-hydrogen) atoms. The molecule has 0 amide bonds. The highest BCUT2D eigenvalue weighted by Gasteiger charge is 2.07. The van der Waals surface area contributed by atoms with Gasteiger partial charge in [-0.25, -0.2) is 4.98 Å². The Labute approximate surface area is 96.0 Å². The zero-order valence-corrected chi connectivity index (χ0v) is 8.78. The summed E-state index contributed by atoms with van der Waals surface area (Å²) in [5, 5.41) is 19.7. The lowest BCUT2D eigenvalue weighted by Crippen LogP contribution is -1.88. The molecule has 2 rings (SSSR count). The van der Waals surface area contributed by atoms with Gasteiger partial charge >= 0.3 is 0 Å². The van der Waals surface area contributed by atoms with Crippen molar-refractivity contribution in [2.45, 2.75) is 0 Å². The third kappa shape index (κ3) is 2.00. The van der Waals surface area contributed by atoms with Crippen LogP contribution in [0, 0.1) is 28.9 Å². The molecule has 0 unspecified atom stereocenters. The molecule has 0 fully saturated rings. The molecule has 0 aliphatic heterocycles. The van der Waals surface area contributed by atoms with Gasteiger partial charge in [0.15, 0.2) is 0 Å². The van der Waals surface area contributed by atoms with Crippen molar-refractivity contribution in [2.75, 3.05) is 0 Å². The monoisotopic (exact) mass is 226 g/mol. The lowest BCUT2D eigenvalue weighted by Gasteiger charge is -2.03. The fourth-order valence-corrected chi connectivity index (χ4v) is 1.54. The lowest BCUT2D eigenvalue weighted by atomic mass is 10.1. The lowest BCUT2D eigenvalue weighted by molar-refractivity contribution is 0.477. The molecule has 0 saturated heterocycles. The summed E-state index contributed by atoms with van der Waals surface area (Å²) in [6, 6.07) is 8.61. The standard InChI is InChI=1S/C11H4N3OS/c12-6-8-1-2-9(7-13)10(5-8)15-11-14-3-4-16-11/h1-2,4-5H. The Balaban J connectivity index is 2.39. The third-order valence-corrected chi connectivity index (χ3v) is 2.40. The first-order chi connectivity index (χ1) is 7.83. The van der Waals surface area contributed by atoms with E-state index in [0.29, 0.717) is 22.1 Å². The first-order valence-electron chi connectivity index (χ1n) is 4.27. The molecule has 5 heteroatoms. The first kappa shape index (κ1) is 10.2. The van der Waals surface area contributed by atoms with E-state index in [9.17, 15) is 0 Å². The number of hydrogen-bond acceptors (Lipinski definition) is 5. The SMILES string of the molecule is N#Cc1ccc(C#N)c(Oc2n[c]cs2)c1. The van der Waals surface area contributed by atoms with E-state index in [2.05, 4.69) is 11.2 Å². The van der Waals surface area contributed by atoms with Crippen LogP contribution in [0.15, 0.2) is 23.6 Å². The second-order valence-corrected chi connectivity index (χ2v) is 3.60. The molecule has 0 aliphatic carbocycles. The van der Waals surface area contributed by atoms with Gasteiger partial charge in [0.25, 0.3) is 5.19 Å². The third-order valence-electron chi connectivity index (χ3n) is 1.80. The molecule has 4 nitrogen and oxygen atoms in total. The molecule has 0 spiro atoms. The number of benzene rings is 1. The van der Waals surface area contributed by atoms with E-state index in [1.165, 1.54) is 17.4 Å². The average molecular weight is 226 g/mol. The van der Waals surface area contributed by atoms with Crippen molar-refractivity contribution in [3.8, 4) is 23.1 Å². The predicted octanol–water partition coefficient (Wildman–Crippen LogP) is 2.48. The number of nitrogens with zero attached hydrogens (tertiary/aromatic N) is 3. The second-order valence-electron chi connectivity index (χ2n) is 2.78. The van der Waals surface area contributed by atoms with Crippen LogP contribution in [0.25, 0.3) is 0 Å². The van der Waals surface area contributed by atoms with E-state index in [1.54, 1.807) is 17.5 Å². The highest BCUT2D eigenvalue weighted by Crippen LogP contribution is 2.27. The van der Waals surface area contributed by atoms with E-state index < -0.39 is 0 Å². The van der Waals surface area contributed by atoms with Crippen molar-refractivity contribution in [2.24, 2.45) is 0 Å². The number of ether oxygens (including phenoxy) is 1. The van der Waals surface area contributed by atoms with Crippen LogP contribution >= 0.6 is 11.3 Å². The Kier molecular flexibility index (Phi) is 2.81. The van der Waals surface area contributed by atoms with Crippen LogP contribution in [0.4, 0.5) is 0 Å². The Morgan fingerprint density at radius 2 is 2.19 bits per heavy atom. The predicted molar refractivity (Wildman–Crippen MR) is 56.9 cm³/mol. The van der Waals surface area contributed by atoms with Crippen molar-refractivity contribution in [1.29, 1.82) is 10.5 Å². The van der Waals surface area contributed by atoms with Gasteiger partial charge in [0, 0.05) is 11.4 Å². The van der Waals surface area contributed by atoms with Crippen LogP contribution in [0.3, 0.4) is 0 Å². The summed E-state index contributed by atoms with van der Waals surface area (Å²) in [6.45, 7) is 0. The summed E-state index contributed by atoms with van der Waals surface area (Å²) < 4.78 is 5.39. The first-order valence-corrected chi connectivity index (χ1v) is 5.15. The minimum atomic E-state index is 0.338. The van der Waals surface area contributed by atoms with E-state index in [-0.39, 0.29) is 0 Å². The zero-order chi connectivity index (χ0) is 11.4. The van der Waals surface area contributed by atoms with Crippen LogP contribution in [-0.2, 0) is 0 Å². The summed E-state index contributed by atoms with van der Waals surface area (Å²) in [6.07, 6.45) is 2.61. The van der Waals surface area contributed by atoms with Crippen LogP contribution in [0.2, 0.25) is 0 Å². The zero-order valence-electron chi connectivity index (χ0n) is 7.97. The molecule has 0 aliphatic rings. The van der Waals surface area contributed by atoms with Crippen LogP contribution in [-0.4, -0.2) is 4.98 Å². The summed E-state index contributed by atoms with van der Waals surface area (Å²) in [5.74, 6) is 0.338. The molecule has 0 atom stereocenters. The van der Waals surface area contributed by atoms with Crippen molar-refractivity contribution in [1.82, 2.24) is 4.98 Å². The van der Waals surface area contributed by atoms with Crippen molar-refractivity contribution >= 4 is 11.3 Å². The Morgan fingerprint density at radius 3 is 2.81 bits per heavy atom. The van der Waals surface area contributed by atoms with Gasteiger partial charge in [-0.3, -0.25) is 0 Å². The second kappa shape index (κ2) is 4.43. The molecular weight excluding hydrogens is 222 g/mol. The van der Waals surface area contributed by atoms with Gasteiger partial charge in [-0.05, 0) is 12.1 Å². The molecule has 75 valence electrons. The number of hydrogen-bond donors (Lipinski definition) is 0. The van der Waals surface area contributed by atoms with Crippen LogP contribution in [0.5, 0.6) is 10.9 Å². The molecule has 2 aromatic rings. The summed E-state index contributed by atoms with van der Waals surface area (Å²) in [5.41, 5.74) is 0.809. The number of aromatic nitrogens is 1. The van der Waals surface area contributed by atoms with Gasteiger partial charge in [0.1, 0.15) is 18.0 Å². The maximum atomic E-state index is 8.87. The van der Waals surface area contributed by atoms with E-state index in [4.69, 9.17) is 15.3 Å². The molecule has 0 saturated carbocycles. The van der Waals surface area contributed by atoms with Crippen molar-refractivity contribution in [3.05, 3.63) is 40.9 Å². The largest absolute Gasteiger partial charge is 0.429 e. The van der Waals surface area contributed by atoms with Crippen LogP contribution < -0.4 is 4.74 Å². The molecule has 1 heterocycles. The van der Waals surface area contributed by atoms with E-state index in [0.717, 1.165) is 0 Å². The Morgan fingerprint density at radius 1 is 1.31 bits per heavy atom. The quantitative estimate of drug-likeness (QED) is 0.788. The van der Waals surface area contributed by atoms with Crippen LogP contribution in [0.1, 0.15) is 11.1 Å². The van der Waals surface area contributed by atoms with Gasteiger partial charge in [0.2, 0.25) is 0 Å². The smallest absolute Gasteiger partial charge is 0.279 e. The molecule has 0 bridgehead atoms. The number of thiazole rings is 1. The van der Waals surface area contributed by atoms with E-state index in [1.807, 2.05) is 12.1 Å². The molecule has 0 N–H and O–H groups in total. The molecule has 1 aromatic carbocycles. The van der Waals surface area contributed by atoms with Gasteiger partial charge in [0.05, 0.1) is 17.2 Å². The molecular formula is C11H4N3OS. The summed E-state index contributed by atoms with van der Waals surface area (Å²) in [4.78, 5) is 3.82. The van der Waals surface area contributed by atoms with Gasteiger partial charge in [-0.15, -0.1) is 0 Å². The van der Waals surface area contributed by atoms with Gasteiger partial charge < -0.3 is 4.74 Å². The maximum absolute atomic E-state index is 8.87. The molecule has 1 radical (unpaired) electrons. The van der Waals surface area contributed by atoms with Crippen molar-refractivity contribution < 1.29 is 4.74 Å². The fourth-order valence-electron chi connectivity index (χ4n) is 1.09. The number of rotatable bonds is 2. The summed E-state index contributed by atoms with van der Waals surface area (Å²) >= 11 is 1.27. The highest BCUT2D eigenvalue weighted by atomic mass is 32.1. The minimum absolute atomic E-state index is 0.338. The maximum Gasteiger partial charge on any atom is 0.279 e. The van der Waals surface area contributed by atoms with Gasteiger partial charge in [-0.1, -0.05) is 11.3 Å². The number of nitriles is 2.